The number of hydrogen-bond donors (Lipinski definition) is 0. The van der Waals surface area contributed by atoms with Crippen molar-refractivity contribution < 1.29 is 13.2 Å². The first-order chi connectivity index (χ1) is 14.0. The van der Waals surface area contributed by atoms with Gasteiger partial charge in [0, 0.05) is 38.4 Å². The van der Waals surface area contributed by atoms with E-state index in [4.69, 9.17) is 0 Å². The molecule has 1 fully saturated rings. The van der Waals surface area contributed by atoms with Crippen LogP contribution in [-0.2, 0) is 27.0 Å². The fourth-order valence-corrected chi connectivity index (χ4v) is 5.65. The summed E-state index contributed by atoms with van der Waals surface area (Å²) in [4.78, 5) is 16.8. The number of carbonyl (C=O) groups is 1. The molecule has 0 unspecified atom stereocenters. The lowest BCUT2D eigenvalue weighted by molar-refractivity contribution is -0.130. The van der Waals surface area contributed by atoms with Gasteiger partial charge in [0.1, 0.15) is 0 Å². The Hall–Kier alpha value is -2.38. The Morgan fingerprint density at radius 1 is 0.862 bits per heavy atom. The van der Waals surface area contributed by atoms with Crippen LogP contribution < -0.4 is 4.90 Å². The lowest BCUT2D eigenvalue weighted by Crippen LogP contribution is -2.53. The van der Waals surface area contributed by atoms with Gasteiger partial charge >= 0.3 is 0 Å². The molecular weight excluding hydrogens is 386 g/mol. The van der Waals surface area contributed by atoms with E-state index in [0.717, 1.165) is 30.6 Å². The van der Waals surface area contributed by atoms with E-state index in [1.165, 1.54) is 9.87 Å². The number of anilines is 1. The molecule has 0 atom stereocenters. The molecule has 2 aromatic rings. The summed E-state index contributed by atoms with van der Waals surface area (Å²) in [7, 11) is -3.37. The topological polar surface area (TPSA) is 60.9 Å². The number of piperazine rings is 1. The third-order valence-electron chi connectivity index (χ3n) is 5.71. The standard InChI is InChI=1S/C22H27N3O3S/c26-22(17-24-12-6-10-20-9-4-5-11-21(20)24)23-13-15-25(16-14-23)29(27,28)18-19-7-2-1-3-8-19/h1-5,7-9,11H,6,10,12-18H2. The van der Waals surface area contributed by atoms with E-state index in [0.29, 0.717) is 32.7 Å². The lowest BCUT2D eigenvalue weighted by atomic mass is 10.0. The minimum atomic E-state index is -3.37. The van der Waals surface area contributed by atoms with Crippen LogP contribution in [-0.4, -0.2) is 62.8 Å². The molecule has 29 heavy (non-hydrogen) atoms. The Morgan fingerprint density at radius 2 is 1.55 bits per heavy atom. The van der Waals surface area contributed by atoms with E-state index >= 15 is 0 Å². The third kappa shape index (κ3) is 4.62. The number of aryl methyl sites for hydroxylation is 1. The predicted octanol–water partition coefficient (Wildman–Crippen LogP) is 2.11. The Morgan fingerprint density at radius 3 is 2.31 bits per heavy atom. The number of hydrogen-bond acceptors (Lipinski definition) is 4. The SMILES string of the molecule is O=C(CN1CCCc2ccccc21)N1CCN(S(=O)(=O)Cc2ccccc2)CC1. The molecule has 0 N–H and O–H groups in total. The molecule has 1 saturated heterocycles. The second-order valence-electron chi connectivity index (χ2n) is 7.68. The summed E-state index contributed by atoms with van der Waals surface area (Å²) < 4.78 is 26.9. The second-order valence-corrected chi connectivity index (χ2v) is 9.64. The Labute approximate surface area is 172 Å². The number of fused-ring (bicyclic) bond motifs is 1. The zero-order valence-electron chi connectivity index (χ0n) is 16.5. The van der Waals surface area contributed by atoms with Crippen molar-refractivity contribution in [1.29, 1.82) is 0 Å². The van der Waals surface area contributed by atoms with Gasteiger partial charge in [-0.05, 0) is 30.0 Å². The predicted molar refractivity (Wildman–Crippen MR) is 114 cm³/mol. The second kappa shape index (κ2) is 8.55. The van der Waals surface area contributed by atoms with Crippen molar-refractivity contribution in [2.75, 3.05) is 44.2 Å². The van der Waals surface area contributed by atoms with Crippen LogP contribution in [0.3, 0.4) is 0 Å². The van der Waals surface area contributed by atoms with Crippen molar-refractivity contribution in [3.8, 4) is 0 Å². The van der Waals surface area contributed by atoms with Gasteiger partial charge in [0.05, 0.1) is 12.3 Å². The van der Waals surface area contributed by atoms with Crippen molar-refractivity contribution in [3.05, 3.63) is 65.7 Å². The van der Waals surface area contributed by atoms with Gasteiger partial charge in [0.25, 0.3) is 0 Å². The fraction of sp³-hybridized carbons (Fsp3) is 0.409. The molecule has 0 radical (unpaired) electrons. The highest BCUT2D eigenvalue weighted by Gasteiger charge is 2.30. The number of benzene rings is 2. The summed E-state index contributed by atoms with van der Waals surface area (Å²) >= 11 is 0. The van der Waals surface area contributed by atoms with Gasteiger partial charge in [-0.3, -0.25) is 4.79 Å². The first kappa shape index (κ1) is 19.9. The first-order valence-electron chi connectivity index (χ1n) is 10.2. The Kier molecular flexibility index (Phi) is 5.87. The molecule has 2 aromatic carbocycles. The van der Waals surface area contributed by atoms with Crippen LogP contribution in [0.5, 0.6) is 0 Å². The molecule has 0 saturated carbocycles. The maximum atomic E-state index is 12.8. The van der Waals surface area contributed by atoms with Crippen LogP contribution in [0.1, 0.15) is 17.5 Å². The normalized spacial score (nSPS) is 17.8. The zero-order valence-corrected chi connectivity index (χ0v) is 17.4. The molecule has 2 aliphatic rings. The van der Waals surface area contributed by atoms with Crippen LogP contribution in [0.4, 0.5) is 5.69 Å². The number of nitrogens with zero attached hydrogens (tertiary/aromatic N) is 3. The largest absolute Gasteiger partial charge is 0.362 e. The highest BCUT2D eigenvalue weighted by Crippen LogP contribution is 2.26. The van der Waals surface area contributed by atoms with Crippen molar-refractivity contribution in [1.82, 2.24) is 9.21 Å². The van der Waals surface area contributed by atoms with E-state index in [1.54, 1.807) is 4.90 Å². The lowest BCUT2D eigenvalue weighted by Gasteiger charge is -2.36. The number of rotatable bonds is 5. The number of sulfonamides is 1. The Bertz CT molecular complexity index is 954. The van der Waals surface area contributed by atoms with Crippen molar-refractivity contribution in [2.24, 2.45) is 0 Å². The van der Waals surface area contributed by atoms with E-state index in [9.17, 15) is 13.2 Å². The zero-order chi connectivity index (χ0) is 20.3. The summed E-state index contributed by atoms with van der Waals surface area (Å²) in [6.07, 6.45) is 2.11. The van der Waals surface area contributed by atoms with E-state index in [-0.39, 0.29) is 11.7 Å². The number of carbonyl (C=O) groups excluding carboxylic acids is 1. The van der Waals surface area contributed by atoms with Gasteiger partial charge in [-0.2, -0.15) is 4.31 Å². The number of amides is 1. The summed E-state index contributed by atoms with van der Waals surface area (Å²) in [5.41, 5.74) is 3.23. The Balaban J connectivity index is 1.33. The summed E-state index contributed by atoms with van der Waals surface area (Å²) in [6.45, 7) is 2.85. The van der Waals surface area contributed by atoms with Gasteiger partial charge in [0.15, 0.2) is 0 Å². The summed E-state index contributed by atoms with van der Waals surface area (Å²) in [6, 6.07) is 17.5. The monoisotopic (exact) mass is 413 g/mol. The first-order valence-corrected chi connectivity index (χ1v) is 11.8. The van der Waals surface area contributed by atoms with Crippen LogP contribution in [0.15, 0.2) is 54.6 Å². The molecule has 7 heteroatoms. The molecule has 2 aliphatic heterocycles. The number of para-hydroxylation sites is 1. The van der Waals surface area contributed by atoms with Gasteiger partial charge in [0.2, 0.25) is 15.9 Å². The van der Waals surface area contributed by atoms with Crippen LogP contribution in [0.25, 0.3) is 0 Å². The molecule has 6 nitrogen and oxygen atoms in total. The van der Waals surface area contributed by atoms with E-state index < -0.39 is 10.0 Å². The third-order valence-corrected chi connectivity index (χ3v) is 7.56. The minimum absolute atomic E-state index is 0.00630. The van der Waals surface area contributed by atoms with Crippen molar-refractivity contribution >= 4 is 21.6 Å². The smallest absolute Gasteiger partial charge is 0.242 e. The van der Waals surface area contributed by atoms with E-state index in [2.05, 4.69) is 17.0 Å². The van der Waals surface area contributed by atoms with Gasteiger partial charge in [-0.15, -0.1) is 0 Å². The highest BCUT2D eigenvalue weighted by molar-refractivity contribution is 7.88. The van der Waals surface area contributed by atoms with Gasteiger partial charge < -0.3 is 9.80 Å². The quantitative estimate of drug-likeness (QED) is 0.753. The molecule has 4 rings (SSSR count). The maximum Gasteiger partial charge on any atom is 0.242 e. The van der Waals surface area contributed by atoms with Gasteiger partial charge in [-0.1, -0.05) is 48.5 Å². The molecule has 0 spiro atoms. The van der Waals surface area contributed by atoms with Crippen LogP contribution in [0, 0.1) is 0 Å². The summed E-state index contributed by atoms with van der Waals surface area (Å²) in [5, 5.41) is 0. The molecule has 2 heterocycles. The molecule has 0 bridgehead atoms. The van der Waals surface area contributed by atoms with Crippen molar-refractivity contribution in [3.63, 3.8) is 0 Å². The van der Waals surface area contributed by atoms with Crippen LogP contribution >= 0.6 is 0 Å². The molecular formula is C22H27N3O3S. The minimum Gasteiger partial charge on any atom is -0.362 e. The van der Waals surface area contributed by atoms with E-state index in [1.807, 2.05) is 42.5 Å². The molecule has 1 amide bonds. The molecule has 0 aliphatic carbocycles. The fourth-order valence-electron chi connectivity index (χ4n) is 4.13. The van der Waals surface area contributed by atoms with Crippen LogP contribution in [0.2, 0.25) is 0 Å². The highest BCUT2D eigenvalue weighted by atomic mass is 32.2. The maximum absolute atomic E-state index is 12.8. The van der Waals surface area contributed by atoms with Gasteiger partial charge in [-0.25, -0.2) is 8.42 Å². The molecule has 154 valence electrons. The average molecular weight is 414 g/mol. The summed E-state index contributed by atoms with van der Waals surface area (Å²) in [5.74, 6) is 0.0774. The average Bonchev–Trinajstić information content (AvgIpc) is 2.74. The van der Waals surface area contributed by atoms with Crippen molar-refractivity contribution in [2.45, 2.75) is 18.6 Å². The molecule has 0 aromatic heterocycles.